The van der Waals surface area contributed by atoms with Gasteiger partial charge in [-0.2, -0.15) is 0 Å². The summed E-state index contributed by atoms with van der Waals surface area (Å²) in [6.07, 6.45) is 0. The van der Waals surface area contributed by atoms with E-state index in [2.05, 4.69) is 41.5 Å². The van der Waals surface area contributed by atoms with Gasteiger partial charge in [-0.15, -0.1) is 0 Å². The molecule has 0 amide bonds. The molecule has 1 aliphatic heterocycles. The molecule has 1 heterocycles. The largest absolute Gasteiger partial charge is 0.380 e. The molecule has 88 valence electrons. The highest BCUT2D eigenvalue weighted by Crippen LogP contribution is 2.38. The number of Topliss-reactive ketones (excluding diaryl/α,β-unsaturated/α-hetero) is 1. The molecule has 2 atom stereocenters. The highest BCUT2D eigenvalue weighted by molar-refractivity contribution is 5.85. The van der Waals surface area contributed by atoms with Crippen molar-refractivity contribution >= 4 is 5.78 Å². The van der Waals surface area contributed by atoms with Gasteiger partial charge in [0.15, 0.2) is 0 Å². The predicted molar refractivity (Wildman–Crippen MR) is 61.7 cm³/mol. The molecule has 1 fully saturated rings. The first-order valence-electron chi connectivity index (χ1n) is 5.75. The number of rotatable bonds is 0. The lowest BCUT2D eigenvalue weighted by molar-refractivity contribution is -0.148. The number of hydrogen-bond acceptors (Lipinski definition) is 2. The molecule has 15 heavy (non-hydrogen) atoms. The number of carbonyl (C=O) groups is 1. The zero-order valence-electron chi connectivity index (χ0n) is 10.9. The Balaban J connectivity index is 2.86. The summed E-state index contributed by atoms with van der Waals surface area (Å²) in [6, 6.07) is 0. The van der Waals surface area contributed by atoms with Gasteiger partial charge in [-0.25, -0.2) is 0 Å². The van der Waals surface area contributed by atoms with E-state index in [1.54, 1.807) is 0 Å². The molecule has 1 aliphatic rings. The number of hydrogen-bond donors (Lipinski definition) is 0. The summed E-state index contributed by atoms with van der Waals surface area (Å²) in [5, 5.41) is 0. The quantitative estimate of drug-likeness (QED) is 0.617. The molecule has 0 spiro atoms. The maximum Gasteiger partial charge on any atom is 0.144 e. The maximum absolute atomic E-state index is 12.3. The van der Waals surface area contributed by atoms with Gasteiger partial charge >= 0.3 is 0 Å². The zero-order valence-corrected chi connectivity index (χ0v) is 10.9. The van der Waals surface area contributed by atoms with Crippen molar-refractivity contribution in [3.05, 3.63) is 0 Å². The van der Waals surface area contributed by atoms with E-state index in [0.29, 0.717) is 19.0 Å². The standard InChI is InChI=1S/C13H24O2/c1-12(2,3)9-7-15-8-10(11(9)14)13(4,5)6/h9-10H,7-8H2,1-6H3. The third-order valence-corrected chi connectivity index (χ3v) is 3.35. The molecule has 0 N–H and O–H groups in total. The van der Waals surface area contributed by atoms with Crippen molar-refractivity contribution in [1.82, 2.24) is 0 Å². The van der Waals surface area contributed by atoms with Crippen LogP contribution in [0.5, 0.6) is 0 Å². The van der Waals surface area contributed by atoms with Crippen LogP contribution in [0.3, 0.4) is 0 Å². The fourth-order valence-corrected chi connectivity index (χ4v) is 2.06. The van der Waals surface area contributed by atoms with E-state index in [-0.39, 0.29) is 22.7 Å². The molecule has 1 rings (SSSR count). The fourth-order valence-electron chi connectivity index (χ4n) is 2.06. The second kappa shape index (κ2) is 3.89. The zero-order chi connectivity index (χ0) is 11.9. The number of ether oxygens (including phenoxy) is 1. The van der Waals surface area contributed by atoms with Crippen LogP contribution in [-0.2, 0) is 9.53 Å². The average molecular weight is 212 g/mol. The van der Waals surface area contributed by atoms with Gasteiger partial charge in [0, 0.05) is 11.8 Å². The van der Waals surface area contributed by atoms with Gasteiger partial charge in [0.05, 0.1) is 13.2 Å². The van der Waals surface area contributed by atoms with Gasteiger partial charge in [-0.3, -0.25) is 4.79 Å². The summed E-state index contributed by atoms with van der Waals surface area (Å²) >= 11 is 0. The van der Waals surface area contributed by atoms with E-state index in [0.717, 1.165) is 0 Å². The minimum atomic E-state index is 0.0149. The van der Waals surface area contributed by atoms with Gasteiger partial charge in [0.2, 0.25) is 0 Å². The first kappa shape index (κ1) is 12.7. The smallest absolute Gasteiger partial charge is 0.144 e. The van der Waals surface area contributed by atoms with Gasteiger partial charge in [0.1, 0.15) is 5.78 Å². The first-order chi connectivity index (χ1) is 6.64. The molecular weight excluding hydrogens is 188 g/mol. The summed E-state index contributed by atoms with van der Waals surface area (Å²) in [6.45, 7) is 13.9. The minimum absolute atomic E-state index is 0.0149. The van der Waals surface area contributed by atoms with Gasteiger partial charge in [-0.05, 0) is 10.8 Å². The molecule has 0 aromatic carbocycles. The van der Waals surface area contributed by atoms with Gasteiger partial charge in [-0.1, -0.05) is 41.5 Å². The van der Waals surface area contributed by atoms with Crippen LogP contribution < -0.4 is 0 Å². The van der Waals surface area contributed by atoms with Crippen LogP contribution in [0.2, 0.25) is 0 Å². The molecule has 0 aromatic heterocycles. The topological polar surface area (TPSA) is 26.3 Å². The molecule has 2 unspecified atom stereocenters. The Morgan fingerprint density at radius 1 is 0.933 bits per heavy atom. The van der Waals surface area contributed by atoms with E-state index in [1.165, 1.54) is 0 Å². The van der Waals surface area contributed by atoms with Crippen LogP contribution in [0.15, 0.2) is 0 Å². The molecule has 0 radical (unpaired) electrons. The maximum atomic E-state index is 12.3. The molecule has 2 nitrogen and oxygen atoms in total. The number of carbonyl (C=O) groups excluding carboxylic acids is 1. The Labute approximate surface area is 93.4 Å². The molecule has 0 aliphatic carbocycles. The molecule has 0 bridgehead atoms. The Morgan fingerprint density at radius 3 is 1.53 bits per heavy atom. The second-order valence-electron chi connectivity index (χ2n) is 6.78. The van der Waals surface area contributed by atoms with Gasteiger partial charge < -0.3 is 4.74 Å². The van der Waals surface area contributed by atoms with E-state index >= 15 is 0 Å². The summed E-state index contributed by atoms with van der Waals surface area (Å²) in [5.41, 5.74) is 0.0298. The van der Waals surface area contributed by atoms with Crippen LogP contribution in [0.25, 0.3) is 0 Å². The SMILES string of the molecule is CC(C)(C)C1COCC(C(C)(C)C)C1=O. The third-order valence-electron chi connectivity index (χ3n) is 3.35. The highest BCUT2D eigenvalue weighted by atomic mass is 16.5. The molecule has 0 aromatic rings. The van der Waals surface area contributed by atoms with E-state index in [1.807, 2.05) is 0 Å². The van der Waals surface area contributed by atoms with Crippen molar-refractivity contribution in [2.45, 2.75) is 41.5 Å². The van der Waals surface area contributed by atoms with E-state index in [9.17, 15) is 4.79 Å². The normalized spacial score (nSPS) is 29.3. The summed E-state index contributed by atoms with van der Waals surface area (Å²) in [7, 11) is 0. The fraction of sp³-hybridized carbons (Fsp3) is 0.923. The van der Waals surface area contributed by atoms with Crippen molar-refractivity contribution in [2.24, 2.45) is 22.7 Å². The average Bonchev–Trinajstić information content (AvgIpc) is 1.99. The van der Waals surface area contributed by atoms with Crippen LogP contribution in [0.1, 0.15) is 41.5 Å². The van der Waals surface area contributed by atoms with Crippen LogP contribution >= 0.6 is 0 Å². The lowest BCUT2D eigenvalue weighted by atomic mass is 9.68. The molecule has 2 heteroatoms. The van der Waals surface area contributed by atoms with Crippen molar-refractivity contribution < 1.29 is 9.53 Å². The first-order valence-corrected chi connectivity index (χ1v) is 5.75. The predicted octanol–water partition coefficient (Wildman–Crippen LogP) is 2.91. The van der Waals surface area contributed by atoms with Crippen molar-refractivity contribution in [3.63, 3.8) is 0 Å². The summed E-state index contributed by atoms with van der Waals surface area (Å²) < 4.78 is 5.60. The lowest BCUT2D eigenvalue weighted by Crippen LogP contribution is -2.47. The Morgan fingerprint density at radius 2 is 1.27 bits per heavy atom. The molecule has 1 saturated heterocycles. The number of ketones is 1. The van der Waals surface area contributed by atoms with E-state index < -0.39 is 0 Å². The lowest BCUT2D eigenvalue weighted by Gasteiger charge is -2.40. The minimum Gasteiger partial charge on any atom is -0.380 e. The summed E-state index contributed by atoms with van der Waals surface area (Å²) in [4.78, 5) is 12.3. The Kier molecular flexibility index (Phi) is 3.30. The van der Waals surface area contributed by atoms with Crippen molar-refractivity contribution in [3.8, 4) is 0 Å². The molecular formula is C13H24O2. The van der Waals surface area contributed by atoms with Gasteiger partial charge in [0.25, 0.3) is 0 Å². The van der Waals surface area contributed by atoms with Crippen LogP contribution in [-0.4, -0.2) is 19.0 Å². The molecule has 0 saturated carbocycles. The van der Waals surface area contributed by atoms with E-state index in [4.69, 9.17) is 4.74 Å². The Bertz CT molecular complexity index is 218. The van der Waals surface area contributed by atoms with Crippen molar-refractivity contribution in [1.29, 1.82) is 0 Å². The van der Waals surface area contributed by atoms with Crippen LogP contribution in [0, 0.1) is 22.7 Å². The second-order valence-corrected chi connectivity index (χ2v) is 6.78. The summed E-state index contributed by atoms with van der Waals surface area (Å²) in [5.74, 6) is 0.493. The van der Waals surface area contributed by atoms with Crippen molar-refractivity contribution in [2.75, 3.05) is 13.2 Å². The monoisotopic (exact) mass is 212 g/mol. The highest BCUT2D eigenvalue weighted by Gasteiger charge is 2.43. The van der Waals surface area contributed by atoms with Crippen LogP contribution in [0.4, 0.5) is 0 Å². The third kappa shape index (κ3) is 2.81. The Hall–Kier alpha value is -0.370.